The van der Waals surface area contributed by atoms with Crippen molar-refractivity contribution in [2.45, 2.75) is 19.9 Å². The van der Waals surface area contributed by atoms with Crippen molar-refractivity contribution in [3.05, 3.63) is 12.7 Å². The average molecular weight is 166 g/mol. The van der Waals surface area contributed by atoms with E-state index in [0.717, 1.165) is 0 Å². The van der Waals surface area contributed by atoms with E-state index in [0.29, 0.717) is 6.54 Å². The van der Waals surface area contributed by atoms with Crippen LogP contribution in [-0.4, -0.2) is 18.6 Å². The first-order valence-corrected chi connectivity index (χ1v) is 3.77. The largest absolute Gasteiger partial charge is 0.332 e. The molecular weight excluding hydrogens is 152 g/mol. The van der Waals surface area contributed by atoms with Gasteiger partial charge in [-0.2, -0.15) is 0 Å². The minimum atomic E-state index is -0.217. The molecule has 0 aliphatic carbocycles. The van der Waals surface area contributed by atoms with E-state index >= 15 is 0 Å². The summed E-state index contributed by atoms with van der Waals surface area (Å²) in [6.07, 6.45) is 1.66. The number of carbonyl (C=O) groups is 1. The topological polar surface area (TPSA) is 41.1 Å². The molecule has 0 rings (SSSR count). The maximum Gasteiger partial charge on any atom is 0.316 e. The van der Waals surface area contributed by atoms with Crippen LogP contribution < -0.4 is 10.6 Å². The van der Waals surface area contributed by atoms with E-state index in [2.05, 4.69) is 29.1 Å². The highest BCUT2D eigenvalue weighted by Crippen LogP contribution is 1.79. The van der Waals surface area contributed by atoms with Gasteiger partial charge in [0.2, 0.25) is 0 Å². The Balaban J connectivity index is 3.57. The fraction of sp³-hybridized carbons (Fsp3) is 0.444. The molecule has 2 N–H and O–H groups in total. The first-order chi connectivity index (χ1) is 5.70. The molecule has 0 aliphatic rings. The van der Waals surface area contributed by atoms with Crippen LogP contribution in [0.5, 0.6) is 0 Å². The Morgan fingerprint density at radius 3 is 2.92 bits per heavy atom. The van der Waals surface area contributed by atoms with Crippen molar-refractivity contribution < 1.29 is 4.79 Å². The Hall–Kier alpha value is -1.43. The van der Waals surface area contributed by atoms with Crippen molar-refractivity contribution in [3.8, 4) is 11.8 Å². The number of hydrogen-bond acceptors (Lipinski definition) is 1. The number of carbonyl (C=O) groups excluding carboxylic acids is 1. The fourth-order valence-electron chi connectivity index (χ4n) is 0.530. The van der Waals surface area contributed by atoms with Crippen LogP contribution in [0.25, 0.3) is 0 Å². The van der Waals surface area contributed by atoms with Crippen LogP contribution in [0.1, 0.15) is 13.8 Å². The van der Waals surface area contributed by atoms with Gasteiger partial charge in [-0.15, -0.1) is 12.5 Å². The van der Waals surface area contributed by atoms with Crippen LogP contribution in [-0.2, 0) is 0 Å². The summed E-state index contributed by atoms with van der Waals surface area (Å²) in [6.45, 7) is 7.49. The lowest BCUT2D eigenvalue weighted by atomic mass is 10.3. The summed E-state index contributed by atoms with van der Waals surface area (Å²) in [5.74, 6) is 5.40. The molecule has 1 unspecified atom stereocenters. The molecule has 12 heavy (non-hydrogen) atoms. The molecule has 0 saturated heterocycles. The molecule has 3 heteroatoms. The molecule has 0 saturated carbocycles. The van der Waals surface area contributed by atoms with Gasteiger partial charge in [-0.05, 0) is 13.8 Å². The maximum absolute atomic E-state index is 10.9. The van der Waals surface area contributed by atoms with Crippen LogP contribution in [0, 0.1) is 11.8 Å². The summed E-state index contributed by atoms with van der Waals surface area (Å²) in [5.41, 5.74) is 0. The molecule has 1 atom stereocenters. The molecular formula is C9H14N2O. The fourth-order valence-corrected chi connectivity index (χ4v) is 0.530. The van der Waals surface area contributed by atoms with E-state index in [1.165, 1.54) is 0 Å². The molecule has 0 heterocycles. The summed E-state index contributed by atoms with van der Waals surface area (Å²) >= 11 is 0. The Bertz CT molecular complexity index is 212. The third kappa shape index (κ3) is 5.36. The second-order valence-corrected chi connectivity index (χ2v) is 2.28. The van der Waals surface area contributed by atoms with Gasteiger partial charge in [0.25, 0.3) is 0 Å². The molecule has 0 fully saturated rings. The van der Waals surface area contributed by atoms with Crippen LogP contribution in [0.2, 0.25) is 0 Å². The van der Waals surface area contributed by atoms with Gasteiger partial charge in [0.15, 0.2) is 0 Å². The second kappa shape index (κ2) is 6.29. The van der Waals surface area contributed by atoms with Crippen molar-refractivity contribution in [2.75, 3.05) is 6.54 Å². The van der Waals surface area contributed by atoms with Crippen molar-refractivity contribution in [3.63, 3.8) is 0 Å². The average Bonchev–Trinajstić information content (AvgIpc) is 2.05. The van der Waals surface area contributed by atoms with Crippen molar-refractivity contribution in [1.29, 1.82) is 0 Å². The van der Waals surface area contributed by atoms with Crippen molar-refractivity contribution in [1.82, 2.24) is 10.6 Å². The second-order valence-electron chi connectivity index (χ2n) is 2.28. The van der Waals surface area contributed by atoms with Crippen LogP contribution >= 0.6 is 0 Å². The predicted molar refractivity (Wildman–Crippen MR) is 49.6 cm³/mol. The molecule has 0 spiro atoms. The summed E-state index contributed by atoms with van der Waals surface area (Å²) in [5, 5.41) is 5.23. The van der Waals surface area contributed by atoms with Gasteiger partial charge in [0, 0.05) is 6.04 Å². The molecule has 0 aromatic carbocycles. The molecule has 0 aliphatic heterocycles. The third-order valence-electron chi connectivity index (χ3n) is 1.23. The number of hydrogen-bond donors (Lipinski definition) is 2. The van der Waals surface area contributed by atoms with Gasteiger partial charge in [-0.1, -0.05) is 12.0 Å². The lowest BCUT2D eigenvalue weighted by Gasteiger charge is -2.08. The number of urea groups is 1. The lowest BCUT2D eigenvalue weighted by Crippen LogP contribution is -2.39. The van der Waals surface area contributed by atoms with E-state index in [-0.39, 0.29) is 12.1 Å². The van der Waals surface area contributed by atoms with Gasteiger partial charge in [-0.3, -0.25) is 0 Å². The summed E-state index contributed by atoms with van der Waals surface area (Å²) in [6, 6.07) is -0.232. The molecule has 66 valence electrons. The maximum atomic E-state index is 10.9. The van der Waals surface area contributed by atoms with Gasteiger partial charge < -0.3 is 10.6 Å². The Morgan fingerprint density at radius 2 is 2.42 bits per heavy atom. The smallest absolute Gasteiger partial charge is 0.316 e. The Morgan fingerprint density at radius 1 is 1.75 bits per heavy atom. The van der Waals surface area contributed by atoms with Crippen LogP contribution in [0.15, 0.2) is 12.7 Å². The van der Waals surface area contributed by atoms with E-state index in [4.69, 9.17) is 0 Å². The Kier molecular flexibility index (Phi) is 5.54. The monoisotopic (exact) mass is 166 g/mol. The van der Waals surface area contributed by atoms with Crippen molar-refractivity contribution >= 4 is 6.03 Å². The van der Waals surface area contributed by atoms with Gasteiger partial charge >= 0.3 is 6.03 Å². The summed E-state index contributed by atoms with van der Waals surface area (Å²) < 4.78 is 0. The quantitative estimate of drug-likeness (QED) is 0.474. The highest BCUT2D eigenvalue weighted by molar-refractivity contribution is 5.74. The Labute approximate surface area is 73.2 Å². The number of rotatable bonds is 3. The lowest BCUT2D eigenvalue weighted by molar-refractivity contribution is 0.240. The molecule has 0 bridgehead atoms. The zero-order chi connectivity index (χ0) is 9.40. The standard InChI is InChI=1S/C9H14N2O/c1-4-6-7-10-9(12)11-8(3)5-2/h5,8H,2,7H2,1,3H3,(H2,10,11,12). The van der Waals surface area contributed by atoms with E-state index in [1.54, 1.807) is 13.0 Å². The minimum Gasteiger partial charge on any atom is -0.332 e. The molecule has 3 nitrogen and oxygen atoms in total. The minimum absolute atomic E-state index is 0.0143. The molecule has 2 amide bonds. The van der Waals surface area contributed by atoms with E-state index < -0.39 is 0 Å². The van der Waals surface area contributed by atoms with Crippen LogP contribution in [0.3, 0.4) is 0 Å². The molecule has 0 radical (unpaired) electrons. The predicted octanol–water partition coefficient (Wildman–Crippen LogP) is 0.883. The first-order valence-electron chi connectivity index (χ1n) is 3.77. The summed E-state index contributed by atoms with van der Waals surface area (Å²) in [4.78, 5) is 10.9. The first kappa shape index (κ1) is 10.6. The van der Waals surface area contributed by atoms with Crippen molar-refractivity contribution in [2.24, 2.45) is 0 Å². The van der Waals surface area contributed by atoms with Crippen LogP contribution in [0.4, 0.5) is 4.79 Å². The van der Waals surface area contributed by atoms with E-state index in [9.17, 15) is 4.79 Å². The molecule has 0 aromatic heterocycles. The van der Waals surface area contributed by atoms with E-state index in [1.807, 2.05) is 6.92 Å². The highest BCUT2D eigenvalue weighted by Gasteiger charge is 2.00. The zero-order valence-electron chi connectivity index (χ0n) is 7.48. The van der Waals surface area contributed by atoms with Gasteiger partial charge in [-0.25, -0.2) is 4.79 Å². The third-order valence-corrected chi connectivity index (χ3v) is 1.23. The SMILES string of the molecule is C=CC(C)NC(=O)NCC#CC. The normalized spacial score (nSPS) is 10.5. The number of amides is 2. The zero-order valence-corrected chi connectivity index (χ0v) is 7.48. The van der Waals surface area contributed by atoms with Gasteiger partial charge in [0.05, 0.1) is 6.54 Å². The molecule has 0 aromatic rings. The highest BCUT2D eigenvalue weighted by atomic mass is 16.2. The van der Waals surface area contributed by atoms with Gasteiger partial charge in [0.1, 0.15) is 0 Å². The summed E-state index contributed by atoms with van der Waals surface area (Å²) in [7, 11) is 0. The number of nitrogens with one attached hydrogen (secondary N) is 2.